The third-order valence-electron chi connectivity index (χ3n) is 0. The van der Waals surface area contributed by atoms with Crippen molar-refractivity contribution < 1.29 is 26.8 Å². The molecule has 3 N–H and O–H groups in total. The maximum Gasteiger partial charge on any atom is 2.00 e. The predicted molar refractivity (Wildman–Crippen MR) is 24.7 cm³/mol. The minimum atomic E-state index is -4.64. The van der Waals surface area contributed by atoms with Crippen LogP contribution in [-0.4, -0.2) is 24.8 Å². The molecule has 0 bridgehead atoms. The topological polar surface area (TPSA) is 77.8 Å². The molecule has 0 aromatic heterocycles. The number of phosphoric acid groups is 1. The molecule has 7 heavy (non-hydrogen) atoms. The van der Waals surface area contributed by atoms with E-state index in [0.29, 0.717) is 0 Å². The molecule has 0 rings (SSSR count). The molecule has 0 radical (unpaired) electrons. The van der Waals surface area contributed by atoms with Crippen LogP contribution in [0.15, 0.2) is 0 Å². The summed E-state index contributed by atoms with van der Waals surface area (Å²) in [5.41, 5.74) is 0. The fourth-order valence-corrected chi connectivity index (χ4v) is 0. The summed E-state index contributed by atoms with van der Waals surface area (Å²) in [6.45, 7) is 0. The van der Waals surface area contributed by atoms with E-state index in [0.717, 1.165) is 0 Å². The van der Waals surface area contributed by atoms with Gasteiger partial charge in [0.15, 0.2) is 0 Å². The van der Waals surface area contributed by atoms with Gasteiger partial charge in [-0.05, 0) is 0 Å². The Balaban J connectivity index is -0.0000000133. The van der Waals surface area contributed by atoms with Gasteiger partial charge in [0.25, 0.3) is 0 Å². The molecule has 0 aromatic rings. The summed E-state index contributed by atoms with van der Waals surface area (Å²) in [6, 6.07) is 0. The molecular formula is H6BeFO4P. The Hall–Kier alpha value is 0.209. The second kappa shape index (κ2) is 4.37. The Morgan fingerprint density at radius 1 is 1.29 bits per heavy atom. The fourth-order valence-electron chi connectivity index (χ4n) is 0. The van der Waals surface area contributed by atoms with Gasteiger partial charge in [0, 0.05) is 0 Å². The third-order valence-corrected chi connectivity index (χ3v) is 0. The summed E-state index contributed by atoms with van der Waals surface area (Å²) in [5.74, 6) is 0. The van der Waals surface area contributed by atoms with E-state index in [4.69, 9.17) is 19.2 Å². The first kappa shape index (κ1) is 15.7. The molecule has 0 atom stereocenters. The van der Waals surface area contributed by atoms with Gasteiger partial charge in [0.05, 0.1) is 0 Å². The Morgan fingerprint density at radius 3 is 1.29 bits per heavy atom. The van der Waals surface area contributed by atoms with Crippen molar-refractivity contribution in [1.82, 2.24) is 0 Å². The standard InChI is InChI=1S/Be.FH.H3O4P.2H/c;;1-5(2,3)4;;/h;1H;(H3,1,2,3,4);;/q+2;;;2*-1. The van der Waals surface area contributed by atoms with Gasteiger partial charge in [-0.25, -0.2) is 4.57 Å². The fraction of sp³-hybridized carbons (Fsp3) is 0. The molecule has 0 saturated heterocycles. The minimum Gasteiger partial charge on any atom is -1.00 e. The SMILES string of the molecule is F.O=P(O)(O)O.[Be+2].[H-].[H-]. The molecule has 7 heteroatoms. The van der Waals surface area contributed by atoms with Gasteiger partial charge in [0.2, 0.25) is 0 Å². The molecule has 0 amide bonds. The van der Waals surface area contributed by atoms with Crippen LogP contribution in [0.3, 0.4) is 0 Å². The molecule has 0 aliphatic rings. The molecule has 0 spiro atoms. The Bertz CT molecular complexity index is 64.7. The van der Waals surface area contributed by atoms with Crippen molar-refractivity contribution in [2.45, 2.75) is 0 Å². The summed E-state index contributed by atoms with van der Waals surface area (Å²) in [7, 11) is -4.64. The largest absolute Gasteiger partial charge is 2.00 e. The zero-order chi connectivity index (χ0) is 4.50. The van der Waals surface area contributed by atoms with Crippen LogP contribution < -0.4 is 0 Å². The zero-order valence-corrected chi connectivity index (χ0v) is 4.21. The van der Waals surface area contributed by atoms with Crippen molar-refractivity contribution in [1.29, 1.82) is 0 Å². The Morgan fingerprint density at radius 2 is 1.29 bits per heavy atom. The maximum absolute atomic E-state index is 8.88. The van der Waals surface area contributed by atoms with Crippen molar-refractivity contribution in [3.63, 3.8) is 0 Å². The van der Waals surface area contributed by atoms with Crippen LogP contribution in [0.4, 0.5) is 4.70 Å². The quantitative estimate of drug-likeness (QED) is 0.291. The molecule has 0 heterocycles. The van der Waals surface area contributed by atoms with Gasteiger partial charge in [-0.3, -0.25) is 4.70 Å². The molecule has 0 aromatic carbocycles. The Kier molecular flexibility index (Phi) is 9.79. The van der Waals surface area contributed by atoms with E-state index >= 15 is 0 Å². The predicted octanol–water partition coefficient (Wildman–Crippen LogP) is -0.932. The smallest absolute Gasteiger partial charge is 1.00 e. The van der Waals surface area contributed by atoms with E-state index in [2.05, 4.69) is 0 Å². The van der Waals surface area contributed by atoms with Gasteiger partial charge < -0.3 is 17.5 Å². The summed E-state index contributed by atoms with van der Waals surface area (Å²) in [5, 5.41) is 0. The van der Waals surface area contributed by atoms with Crippen molar-refractivity contribution in [2.24, 2.45) is 0 Å². The number of hydrogen-bond acceptors (Lipinski definition) is 1. The molecule has 0 saturated carbocycles. The van der Waals surface area contributed by atoms with Crippen molar-refractivity contribution in [3.8, 4) is 0 Å². The summed E-state index contributed by atoms with van der Waals surface area (Å²) in [6.07, 6.45) is 0. The van der Waals surface area contributed by atoms with Gasteiger partial charge in [-0.2, -0.15) is 0 Å². The molecule has 0 aliphatic carbocycles. The molecule has 0 fully saturated rings. The average Bonchev–Trinajstić information content (AvgIpc) is 0.722. The molecule has 44 valence electrons. The average molecular weight is 129 g/mol. The van der Waals surface area contributed by atoms with E-state index < -0.39 is 7.82 Å². The van der Waals surface area contributed by atoms with E-state index in [1.54, 1.807) is 0 Å². The monoisotopic (exact) mass is 129 g/mol. The molecule has 0 aliphatic heterocycles. The van der Waals surface area contributed by atoms with E-state index in [1.165, 1.54) is 0 Å². The van der Waals surface area contributed by atoms with E-state index in [9.17, 15) is 0 Å². The van der Waals surface area contributed by atoms with Crippen LogP contribution in [0.25, 0.3) is 0 Å². The van der Waals surface area contributed by atoms with Crippen LogP contribution in [0, 0.1) is 0 Å². The molecule has 4 nitrogen and oxygen atoms in total. The first-order valence-corrected chi connectivity index (χ1v) is 2.35. The van der Waals surface area contributed by atoms with E-state index in [1.807, 2.05) is 0 Å². The van der Waals surface area contributed by atoms with Gasteiger partial charge in [-0.15, -0.1) is 0 Å². The van der Waals surface area contributed by atoms with Crippen molar-refractivity contribution in [3.05, 3.63) is 0 Å². The summed E-state index contributed by atoms with van der Waals surface area (Å²) >= 11 is 0. The van der Waals surface area contributed by atoms with Gasteiger partial charge in [0.1, 0.15) is 0 Å². The number of hydrogen-bond donors (Lipinski definition) is 3. The van der Waals surface area contributed by atoms with Crippen molar-refractivity contribution in [2.75, 3.05) is 0 Å². The van der Waals surface area contributed by atoms with Gasteiger partial charge >= 0.3 is 17.9 Å². The van der Waals surface area contributed by atoms with Gasteiger partial charge in [-0.1, -0.05) is 0 Å². The normalized spacial score (nSPS) is 8.43. The van der Waals surface area contributed by atoms with Crippen LogP contribution in [0.5, 0.6) is 0 Å². The zero-order valence-electron chi connectivity index (χ0n) is 5.31. The van der Waals surface area contributed by atoms with Crippen LogP contribution in [-0.2, 0) is 4.57 Å². The molecule has 0 unspecified atom stereocenters. The number of rotatable bonds is 0. The van der Waals surface area contributed by atoms with Crippen LogP contribution >= 0.6 is 7.82 Å². The third kappa shape index (κ3) is 2520. The second-order valence-electron chi connectivity index (χ2n) is 0.513. The maximum atomic E-state index is 8.88. The van der Waals surface area contributed by atoms with Crippen molar-refractivity contribution >= 4 is 17.9 Å². The Labute approximate surface area is 46.0 Å². The van der Waals surface area contributed by atoms with Crippen LogP contribution in [0.2, 0.25) is 0 Å². The second-order valence-corrected chi connectivity index (χ2v) is 1.54. The summed E-state index contributed by atoms with van der Waals surface area (Å²) in [4.78, 5) is 21.6. The number of halogens is 1. The summed E-state index contributed by atoms with van der Waals surface area (Å²) < 4.78 is 8.88. The van der Waals surface area contributed by atoms with E-state index in [-0.39, 0.29) is 17.7 Å². The first-order valence-electron chi connectivity index (χ1n) is 0.783. The first-order chi connectivity index (χ1) is 2.00. The minimum absolute atomic E-state index is 0. The molecular weight excluding hydrogens is 123 g/mol. The van der Waals surface area contributed by atoms with Crippen LogP contribution in [0.1, 0.15) is 2.85 Å².